The number of hydrogen-bond donors (Lipinski definition) is 1. The second-order valence-electron chi connectivity index (χ2n) is 3.28. The first kappa shape index (κ1) is 12.4. The molecule has 0 atom stereocenters. The Labute approximate surface area is 97.4 Å². The highest BCUT2D eigenvalue weighted by Gasteiger charge is 1.97. The van der Waals surface area contributed by atoms with E-state index >= 15 is 0 Å². The number of benzene rings is 1. The monoisotopic (exact) mass is 216 g/mol. The van der Waals surface area contributed by atoms with Crippen LogP contribution in [0.15, 0.2) is 42.6 Å². The van der Waals surface area contributed by atoms with Crippen molar-refractivity contribution in [1.82, 2.24) is 0 Å². The van der Waals surface area contributed by atoms with Crippen molar-refractivity contribution in [2.24, 2.45) is 5.73 Å². The molecule has 85 valence electrons. The predicted molar refractivity (Wildman–Crippen MR) is 68.9 cm³/mol. The maximum atomic E-state index is 5.62. The largest absolute Gasteiger partial charge is 0.492 e. The van der Waals surface area contributed by atoms with Gasteiger partial charge in [0.2, 0.25) is 0 Å². The quantitative estimate of drug-likeness (QED) is 0.741. The third kappa shape index (κ3) is 4.22. The summed E-state index contributed by atoms with van der Waals surface area (Å²) in [6.07, 6.45) is 10.5. The van der Waals surface area contributed by atoms with Crippen LogP contribution < -0.4 is 10.5 Å². The number of rotatable bonds is 6. The number of para-hydroxylation sites is 1. The summed E-state index contributed by atoms with van der Waals surface area (Å²) in [5.74, 6) is 0.852. The van der Waals surface area contributed by atoms with Gasteiger partial charge < -0.3 is 10.5 Å². The minimum Gasteiger partial charge on any atom is -0.492 e. The molecule has 0 spiro atoms. The van der Waals surface area contributed by atoms with Crippen molar-refractivity contribution >= 4 is 6.08 Å². The van der Waals surface area contributed by atoms with Gasteiger partial charge in [0.05, 0.1) is 6.61 Å². The van der Waals surface area contributed by atoms with E-state index in [0.29, 0.717) is 6.61 Å². The molecular weight excluding hydrogens is 198 g/mol. The fourth-order valence-corrected chi connectivity index (χ4v) is 1.28. The van der Waals surface area contributed by atoms with Gasteiger partial charge in [-0.05, 0) is 24.8 Å². The highest BCUT2D eigenvalue weighted by Crippen LogP contribution is 2.19. The normalized spacial score (nSPS) is 11.3. The Hall–Kier alpha value is -1.70. The minimum absolute atomic E-state index is 0.575. The zero-order chi connectivity index (χ0) is 11.6. The fourth-order valence-electron chi connectivity index (χ4n) is 1.28. The van der Waals surface area contributed by atoms with Gasteiger partial charge in [-0.1, -0.05) is 37.3 Å². The van der Waals surface area contributed by atoms with Crippen molar-refractivity contribution in [2.45, 2.75) is 13.3 Å². The van der Waals surface area contributed by atoms with Crippen molar-refractivity contribution < 1.29 is 4.74 Å². The SMILES string of the molecule is CC/C=C/[CH]COc1ccccc1/C=C\N. The van der Waals surface area contributed by atoms with Gasteiger partial charge >= 0.3 is 0 Å². The lowest BCUT2D eigenvalue weighted by Gasteiger charge is -2.07. The zero-order valence-electron chi connectivity index (χ0n) is 9.60. The molecule has 0 amide bonds. The van der Waals surface area contributed by atoms with E-state index in [9.17, 15) is 0 Å². The first-order valence-corrected chi connectivity index (χ1v) is 5.47. The average molecular weight is 216 g/mol. The summed E-state index contributed by atoms with van der Waals surface area (Å²) in [6.45, 7) is 2.68. The molecule has 0 aliphatic heterocycles. The molecule has 2 nitrogen and oxygen atoms in total. The summed E-state index contributed by atoms with van der Waals surface area (Å²) in [7, 11) is 0. The molecule has 0 bridgehead atoms. The highest BCUT2D eigenvalue weighted by atomic mass is 16.5. The Morgan fingerprint density at radius 1 is 1.31 bits per heavy atom. The molecule has 1 rings (SSSR count). The molecule has 2 heteroatoms. The Morgan fingerprint density at radius 2 is 2.12 bits per heavy atom. The van der Waals surface area contributed by atoms with Crippen LogP contribution in [0.3, 0.4) is 0 Å². The molecule has 1 aromatic rings. The zero-order valence-corrected chi connectivity index (χ0v) is 9.60. The van der Waals surface area contributed by atoms with Crippen LogP contribution in [0.5, 0.6) is 5.75 Å². The number of allylic oxidation sites excluding steroid dienone is 1. The highest BCUT2D eigenvalue weighted by molar-refractivity contribution is 5.56. The molecule has 0 unspecified atom stereocenters. The number of nitrogens with two attached hydrogens (primary N) is 1. The van der Waals surface area contributed by atoms with Crippen LogP contribution in [0.4, 0.5) is 0 Å². The van der Waals surface area contributed by atoms with Crippen LogP contribution in [0.2, 0.25) is 0 Å². The molecule has 0 fully saturated rings. The van der Waals surface area contributed by atoms with Gasteiger partial charge in [0, 0.05) is 12.0 Å². The smallest absolute Gasteiger partial charge is 0.126 e. The van der Waals surface area contributed by atoms with Crippen LogP contribution >= 0.6 is 0 Å². The van der Waals surface area contributed by atoms with Crippen LogP contribution in [-0.4, -0.2) is 6.61 Å². The molecule has 0 saturated carbocycles. The van der Waals surface area contributed by atoms with Crippen LogP contribution in [0, 0.1) is 6.42 Å². The Morgan fingerprint density at radius 3 is 2.88 bits per heavy atom. The fraction of sp³-hybridized carbons (Fsp3) is 0.214. The maximum absolute atomic E-state index is 5.62. The third-order valence-electron chi connectivity index (χ3n) is 2.04. The Kier molecular flexibility index (Phi) is 5.86. The van der Waals surface area contributed by atoms with Gasteiger partial charge in [-0.15, -0.1) is 0 Å². The molecule has 2 N–H and O–H groups in total. The summed E-state index contributed by atoms with van der Waals surface area (Å²) in [5.41, 5.74) is 6.37. The molecular formula is C14H18NO. The lowest BCUT2D eigenvalue weighted by molar-refractivity contribution is 0.352. The van der Waals surface area contributed by atoms with E-state index in [0.717, 1.165) is 17.7 Å². The lowest BCUT2D eigenvalue weighted by atomic mass is 10.2. The van der Waals surface area contributed by atoms with E-state index in [2.05, 4.69) is 13.0 Å². The average Bonchev–Trinajstić information content (AvgIpc) is 2.31. The first-order valence-electron chi connectivity index (χ1n) is 5.47. The van der Waals surface area contributed by atoms with Crippen molar-refractivity contribution in [1.29, 1.82) is 0 Å². The van der Waals surface area contributed by atoms with Gasteiger partial charge in [0.25, 0.3) is 0 Å². The van der Waals surface area contributed by atoms with E-state index in [4.69, 9.17) is 10.5 Å². The van der Waals surface area contributed by atoms with Crippen LogP contribution in [0.25, 0.3) is 6.08 Å². The van der Waals surface area contributed by atoms with E-state index in [1.807, 2.05) is 42.8 Å². The second-order valence-corrected chi connectivity index (χ2v) is 3.28. The van der Waals surface area contributed by atoms with Crippen molar-refractivity contribution in [3.8, 4) is 5.75 Å². The van der Waals surface area contributed by atoms with E-state index < -0.39 is 0 Å². The molecule has 0 aliphatic carbocycles. The molecule has 0 aromatic heterocycles. The Bertz CT molecular complexity index is 356. The number of hydrogen-bond acceptors (Lipinski definition) is 2. The maximum Gasteiger partial charge on any atom is 0.126 e. The number of ether oxygens (including phenoxy) is 1. The molecule has 16 heavy (non-hydrogen) atoms. The summed E-state index contributed by atoms with van der Waals surface area (Å²) in [4.78, 5) is 0. The van der Waals surface area contributed by atoms with Gasteiger partial charge in [-0.3, -0.25) is 0 Å². The summed E-state index contributed by atoms with van der Waals surface area (Å²) >= 11 is 0. The topological polar surface area (TPSA) is 35.2 Å². The lowest BCUT2D eigenvalue weighted by Crippen LogP contribution is -1.98. The van der Waals surface area contributed by atoms with Crippen LogP contribution in [-0.2, 0) is 0 Å². The van der Waals surface area contributed by atoms with Crippen molar-refractivity contribution in [3.05, 3.63) is 54.6 Å². The Balaban J connectivity index is 2.49. The summed E-state index contributed by atoms with van der Waals surface area (Å²) in [5, 5.41) is 0. The molecule has 1 radical (unpaired) electrons. The predicted octanol–water partition coefficient (Wildman–Crippen LogP) is 3.17. The van der Waals surface area contributed by atoms with Gasteiger partial charge in [0.1, 0.15) is 5.75 Å². The standard InChI is InChI=1S/C14H18NO/c1-2-3-4-7-12-16-14-9-6-5-8-13(14)10-11-15/h3-11H,2,12,15H2,1H3/b4-3+,11-10-. The molecule has 1 aromatic carbocycles. The molecule has 0 saturated heterocycles. The van der Waals surface area contributed by atoms with Crippen molar-refractivity contribution in [3.63, 3.8) is 0 Å². The van der Waals surface area contributed by atoms with Gasteiger partial charge in [-0.25, -0.2) is 0 Å². The van der Waals surface area contributed by atoms with Crippen molar-refractivity contribution in [2.75, 3.05) is 6.61 Å². The van der Waals surface area contributed by atoms with E-state index in [1.54, 1.807) is 0 Å². The first-order chi connectivity index (χ1) is 7.88. The van der Waals surface area contributed by atoms with Gasteiger partial charge in [-0.2, -0.15) is 0 Å². The third-order valence-corrected chi connectivity index (χ3v) is 2.04. The second kappa shape index (κ2) is 7.57. The molecule has 0 heterocycles. The van der Waals surface area contributed by atoms with Gasteiger partial charge in [0.15, 0.2) is 0 Å². The minimum atomic E-state index is 0.575. The summed E-state index contributed by atoms with van der Waals surface area (Å²) in [6, 6.07) is 7.82. The van der Waals surface area contributed by atoms with E-state index in [-0.39, 0.29) is 0 Å². The molecule has 0 aliphatic rings. The summed E-state index contributed by atoms with van der Waals surface area (Å²) < 4.78 is 5.62. The van der Waals surface area contributed by atoms with E-state index in [1.165, 1.54) is 6.20 Å². The van der Waals surface area contributed by atoms with Crippen LogP contribution in [0.1, 0.15) is 18.9 Å².